The summed E-state index contributed by atoms with van der Waals surface area (Å²) in [6, 6.07) is 17.0. The second-order valence-electron chi connectivity index (χ2n) is 8.07. The Hall–Kier alpha value is -2.88. The van der Waals surface area contributed by atoms with Crippen molar-refractivity contribution in [3.8, 4) is 0 Å². The number of anilines is 2. The Kier molecular flexibility index (Phi) is 4.27. The average molecular weight is 371 g/mol. The van der Waals surface area contributed by atoms with E-state index in [1.165, 1.54) is 29.4 Å². The summed E-state index contributed by atoms with van der Waals surface area (Å²) in [5.41, 5.74) is 5.38. The van der Waals surface area contributed by atoms with Crippen molar-refractivity contribution < 1.29 is 4.79 Å². The lowest BCUT2D eigenvalue weighted by atomic mass is 10.1. The van der Waals surface area contributed by atoms with Crippen LogP contribution in [0.1, 0.15) is 47.2 Å². The van der Waals surface area contributed by atoms with E-state index in [2.05, 4.69) is 41.4 Å². The van der Waals surface area contributed by atoms with E-state index < -0.39 is 0 Å². The van der Waals surface area contributed by atoms with Crippen LogP contribution < -0.4 is 10.2 Å². The zero-order chi connectivity index (χ0) is 19.1. The lowest BCUT2D eigenvalue weighted by molar-refractivity contribution is 0.0938. The summed E-state index contributed by atoms with van der Waals surface area (Å²) in [5, 5.41) is 4.36. The molecule has 4 nitrogen and oxygen atoms in total. The van der Waals surface area contributed by atoms with Crippen LogP contribution in [0.3, 0.4) is 0 Å². The van der Waals surface area contributed by atoms with Crippen LogP contribution in [0.2, 0.25) is 0 Å². The highest BCUT2D eigenvalue weighted by atomic mass is 16.1. The number of nitrogens with one attached hydrogen (secondary N) is 1. The predicted molar refractivity (Wildman–Crippen MR) is 113 cm³/mol. The van der Waals surface area contributed by atoms with E-state index in [-0.39, 0.29) is 5.91 Å². The predicted octanol–water partition coefficient (Wildman–Crippen LogP) is 4.91. The van der Waals surface area contributed by atoms with E-state index in [4.69, 9.17) is 4.98 Å². The van der Waals surface area contributed by atoms with Gasteiger partial charge >= 0.3 is 0 Å². The molecule has 1 aromatic heterocycles. The van der Waals surface area contributed by atoms with Crippen molar-refractivity contribution in [3.05, 3.63) is 65.2 Å². The second kappa shape index (κ2) is 6.93. The fourth-order valence-corrected chi connectivity index (χ4v) is 4.45. The number of fused-ring (bicyclic) bond motifs is 2. The molecule has 1 saturated carbocycles. The van der Waals surface area contributed by atoms with Crippen LogP contribution in [0.15, 0.2) is 48.5 Å². The summed E-state index contributed by atoms with van der Waals surface area (Å²) in [5.74, 6) is 1.08. The zero-order valence-electron chi connectivity index (χ0n) is 16.2. The Morgan fingerprint density at radius 2 is 1.86 bits per heavy atom. The van der Waals surface area contributed by atoms with Crippen molar-refractivity contribution in [2.24, 2.45) is 0 Å². The van der Waals surface area contributed by atoms with Gasteiger partial charge in [-0.1, -0.05) is 25.0 Å². The monoisotopic (exact) mass is 371 g/mol. The number of hydrogen-bond donors (Lipinski definition) is 1. The lowest BCUT2D eigenvalue weighted by Gasteiger charge is -2.19. The first kappa shape index (κ1) is 17.2. The first-order valence-electron chi connectivity index (χ1n) is 10.3. The Morgan fingerprint density at radius 1 is 1.07 bits per heavy atom. The molecule has 0 spiro atoms. The van der Waals surface area contributed by atoms with E-state index in [0.717, 1.165) is 48.4 Å². The maximum atomic E-state index is 12.5. The molecule has 1 N–H and O–H groups in total. The molecule has 0 radical (unpaired) electrons. The number of aromatic nitrogens is 1. The summed E-state index contributed by atoms with van der Waals surface area (Å²) >= 11 is 0. The summed E-state index contributed by atoms with van der Waals surface area (Å²) in [4.78, 5) is 19.7. The Bertz CT molecular complexity index is 1040. The normalized spacial score (nSPS) is 16.5. The maximum absolute atomic E-state index is 12.5. The van der Waals surface area contributed by atoms with Gasteiger partial charge < -0.3 is 10.2 Å². The molecule has 1 fully saturated rings. The molecule has 5 rings (SSSR count). The smallest absolute Gasteiger partial charge is 0.251 e. The van der Waals surface area contributed by atoms with Crippen molar-refractivity contribution in [1.29, 1.82) is 0 Å². The van der Waals surface area contributed by atoms with Crippen LogP contribution in [0.4, 0.5) is 11.5 Å². The van der Waals surface area contributed by atoms with Crippen LogP contribution >= 0.6 is 0 Å². The summed E-state index contributed by atoms with van der Waals surface area (Å²) in [6.45, 7) is 3.02. The molecule has 0 unspecified atom stereocenters. The molecular weight excluding hydrogens is 346 g/mol. The minimum Gasteiger partial charge on any atom is -0.349 e. The minimum absolute atomic E-state index is 0.0415. The fourth-order valence-electron chi connectivity index (χ4n) is 4.45. The van der Waals surface area contributed by atoms with Crippen molar-refractivity contribution >= 4 is 28.3 Å². The molecule has 1 aliphatic heterocycles. The van der Waals surface area contributed by atoms with Gasteiger partial charge in [0.05, 0.1) is 5.52 Å². The zero-order valence-corrected chi connectivity index (χ0v) is 16.2. The van der Waals surface area contributed by atoms with Gasteiger partial charge in [0.25, 0.3) is 5.91 Å². The fraction of sp³-hybridized carbons (Fsp3) is 0.333. The van der Waals surface area contributed by atoms with Gasteiger partial charge in [0.1, 0.15) is 5.82 Å². The molecule has 0 atom stereocenters. The molecule has 0 bridgehead atoms. The van der Waals surface area contributed by atoms with Crippen LogP contribution in [-0.4, -0.2) is 23.5 Å². The largest absolute Gasteiger partial charge is 0.349 e. The standard InChI is InChI=1S/C24H25N3O/c1-16-6-7-18-15-19-12-13-27(23(19)26-22(18)14-16)21-10-8-17(9-11-21)24(28)25-20-4-2-3-5-20/h6-11,14-15,20H,2-5,12-13H2,1H3,(H,25,28). The van der Waals surface area contributed by atoms with Crippen molar-refractivity contribution in [3.63, 3.8) is 0 Å². The first-order valence-corrected chi connectivity index (χ1v) is 10.3. The molecule has 142 valence electrons. The highest BCUT2D eigenvalue weighted by molar-refractivity contribution is 5.95. The summed E-state index contributed by atoms with van der Waals surface area (Å²) in [6.07, 6.45) is 5.65. The second-order valence-corrected chi connectivity index (χ2v) is 8.07. The van der Waals surface area contributed by atoms with Crippen LogP contribution in [-0.2, 0) is 6.42 Å². The van der Waals surface area contributed by atoms with Crippen molar-refractivity contribution in [2.45, 2.75) is 45.1 Å². The van der Waals surface area contributed by atoms with Crippen LogP contribution in [0.25, 0.3) is 10.9 Å². The molecule has 28 heavy (non-hydrogen) atoms. The SMILES string of the molecule is Cc1ccc2cc3c(nc2c1)N(c1ccc(C(=O)NC2CCCC2)cc1)CC3. The van der Waals surface area contributed by atoms with E-state index in [9.17, 15) is 4.79 Å². The third kappa shape index (κ3) is 3.13. The van der Waals surface area contributed by atoms with Gasteiger partial charge in [0.15, 0.2) is 0 Å². The number of pyridine rings is 1. The number of rotatable bonds is 3. The van der Waals surface area contributed by atoms with Gasteiger partial charge in [-0.25, -0.2) is 4.98 Å². The lowest BCUT2D eigenvalue weighted by Crippen LogP contribution is -2.32. The molecule has 3 aromatic rings. The number of aryl methyl sites for hydroxylation is 1. The third-order valence-corrected chi connectivity index (χ3v) is 6.02. The van der Waals surface area contributed by atoms with Crippen LogP contribution in [0, 0.1) is 6.92 Å². The highest BCUT2D eigenvalue weighted by Gasteiger charge is 2.23. The quantitative estimate of drug-likeness (QED) is 0.711. The average Bonchev–Trinajstić information content (AvgIpc) is 3.36. The Balaban J connectivity index is 1.39. The van der Waals surface area contributed by atoms with Gasteiger partial charge in [-0.15, -0.1) is 0 Å². The molecule has 0 saturated heterocycles. The van der Waals surface area contributed by atoms with Crippen molar-refractivity contribution in [2.75, 3.05) is 11.4 Å². The van der Waals surface area contributed by atoms with Crippen molar-refractivity contribution in [1.82, 2.24) is 10.3 Å². The molecule has 1 aliphatic carbocycles. The number of amides is 1. The Morgan fingerprint density at radius 3 is 2.64 bits per heavy atom. The maximum Gasteiger partial charge on any atom is 0.251 e. The third-order valence-electron chi connectivity index (χ3n) is 6.02. The van der Waals surface area contributed by atoms with E-state index in [0.29, 0.717) is 6.04 Å². The topological polar surface area (TPSA) is 45.2 Å². The molecule has 2 aromatic carbocycles. The molecule has 2 aliphatic rings. The van der Waals surface area contributed by atoms with Gasteiger partial charge in [-0.3, -0.25) is 4.79 Å². The number of nitrogens with zero attached hydrogens (tertiary/aromatic N) is 2. The number of carbonyl (C=O) groups excluding carboxylic acids is 1. The molecular formula is C24H25N3O. The van der Waals surface area contributed by atoms with Crippen LogP contribution in [0.5, 0.6) is 0 Å². The molecule has 2 heterocycles. The summed E-state index contributed by atoms with van der Waals surface area (Å²) < 4.78 is 0. The van der Waals surface area contributed by atoms with E-state index in [1.54, 1.807) is 0 Å². The molecule has 1 amide bonds. The highest BCUT2D eigenvalue weighted by Crippen LogP contribution is 2.35. The number of benzene rings is 2. The first-order chi connectivity index (χ1) is 13.7. The Labute approximate surface area is 165 Å². The number of carbonyl (C=O) groups is 1. The molecule has 4 heteroatoms. The van der Waals surface area contributed by atoms with Gasteiger partial charge in [0.2, 0.25) is 0 Å². The van der Waals surface area contributed by atoms with E-state index in [1.807, 2.05) is 24.3 Å². The van der Waals surface area contributed by atoms with Gasteiger partial charge in [-0.2, -0.15) is 0 Å². The minimum atomic E-state index is 0.0415. The summed E-state index contributed by atoms with van der Waals surface area (Å²) in [7, 11) is 0. The van der Waals surface area contributed by atoms with E-state index >= 15 is 0 Å². The van der Waals surface area contributed by atoms with Gasteiger partial charge in [0, 0.05) is 29.2 Å². The number of hydrogen-bond acceptors (Lipinski definition) is 3. The van der Waals surface area contributed by atoms with Gasteiger partial charge in [-0.05, 0) is 73.7 Å².